The van der Waals surface area contributed by atoms with Crippen molar-refractivity contribution in [3.05, 3.63) is 47.2 Å². The number of oxazole rings is 1. The van der Waals surface area contributed by atoms with Gasteiger partial charge in [0.25, 0.3) is 0 Å². The van der Waals surface area contributed by atoms with E-state index < -0.39 is 6.10 Å². The quantitative estimate of drug-likeness (QED) is 0.325. The third kappa shape index (κ3) is 6.49. The van der Waals surface area contributed by atoms with Gasteiger partial charge in [0.15, 0.2) is 5.96 Å². The van der Waals surface area contributed by atoms with Gasteiger partial charge in [0.2, 0.25) is 5.89 Å². The summed E-state index contributed by atoms with van der Waals surface area (Å²) in [7, 11) is 1.61. The SMILES string of the molecule is CCNC(=NCc1nc(C)c(C)o1)NCC(O)c1ccc(OC)cc1.I. The maximum absolute atomic E-state index is 10.3. The molecule has 1 unspecified atom stereocenters. The Bertz CT molecular complexity index is 681. The van der Waals surface area contributed by atoms with Gasteiger partial charge in [-0.25, -0.2) is 9.98 Å². The predicted octanol–water partition coefficient (Wildman–Crippen LogP) is 2.71. The van der Waals surface area contributed by atoms with Crippen LogP contribution in [0.25, 0.3) is 0 Å². The Morgan fingerprint density at radius 1 is 1.27 bits per heavy atom. The fourth-order valence-corrected chi connectivity index (χ4v) is 2.23. The van der Waals surface area contributed by atoms with Gasteiger partial charge in [-0.05, 0) is 38.5 Å². The lowest BCUT2D eigenvalue weighted by Crippen LogP contribution is -2.39. The second-order valence-electron chi connectivity index (χ2n) is 5.61. The van der Waals surface area contributed by atoms with Crippen LogP contribution in [0.15, 0.2) is 33.7 Å². The first-order valence-electron chi connectivity index (χ1n) is 8.30. The summed E-state index contributed by atoms with van der Waals surface area (Å²) in [6.45, 7) is 7.15. The molecule has 0 aliphatic carbocycles. The highest BCUT2D eigenvalue weighted by Crippen LogP contribution is 2.17. The van der Waals surface area contributed by atoms with Crippen molar-refractivity contribution in [1.82, 2.24) is 15.6 Å². The van der Waals surface area contributed by atoms with E-state index in [1.54, 1.807) is 7.11 Å². The summed E-state index contributed by atoms with van der Waals surface area (Å²) in [5.41, 5.74) is 1.68. The minimum absolute atomic E-state index is 0. The van der Waals surface area contributed by atoms with E-state index in [-0.39, 0.29) is 24.0 Å². The number of benzene rings is 1. The zero-order valence-corrected chi connectivity index (χ0v) is 17.9. The standard InChI is InChI=1S/C18H26N4O3.HI/c1-5-19-18(21-11-17-22-12(2)13(3)25-17)20-10-16(23)14-6-8-15(24-4)9-7-14;/h6-9,16,23H,5,10-11H2,1-4H3,(H2,19,20,21);1H. The molecule has 1 aromatic carbocycles. The molecule has 0 aliphatic heterocycles. The number of rotatable bonds is 7. The highest BCUT2D eigenvalue weighted by molar-refractivity contribution is 14.0. The second kappa shape index (κ2) is 11.0. The van der Waals surface area contributed by atoms with Gasteiger partial charge in [0, 0.05) is 13.1 Å². The highest BCUT2D eigenvalue weighted by atomic mass is 127. The molecular formula is C18H27IN4O3. The molecule has 144 valence electrons. The van der Waals surface area contributed by atoms with Crippen molar-refractivity contribution in [2.45, 2.75) is 33.4 Å². The third-order valence-electron chi connectivity index (χ3n) is 3.75. The van der Waals surface area contributed by atoms with E-state index >= 15 is 0 Å². The Kier molecular flexibility index (Phi) is 9.42. The van der Waals surface area contributed by atoms with Crippen LogP contribution >= 0.6 is 24.0 Å². The molecule has 1 heterocycles. The van der Waals surface area contributed by atoms with Crippen LogP contribution in [0.1, 0.15) is 35.9 Å². The van der Waals surface area contributed by atoms with Crippen molar-refractivity contribution >= 4 is 29.9 Å². The number of hydrogen-bond acceptors (Lipinski definition) is 5. The van der Waals surface area contributed by atoms with Gasteiger partial charge in [0.05, 0.1) is 18.9 Å². The lowest BCUT2D eigenvalue weighted by Gasteiger charge is -2.15. The molecule has 0 saturated heterocycles. The summed E-state index contributed by atoms with van der Waals surface area (Å²) in [4.78, 5) is 8.75. The van der Waals surface area contributed by atoms with Gasteiger partial charge in [-0.1, -0.05) is 12.1 Å². The minimum atomic E-state index is -0.652. The van der Waals surface area contributed by atoms with Crippen LogP contribution in [0.2, 0.25) is 0 Å². The average Bonchev–Trinajstić information content (AvgIpc) is 2.95. The summed E-state index contributed by atoms with van der Waals surface area (Å²) in [6.07, 6.45) is -0.652. The fourth-order valence-electron chi connectivity index (χ4n) is 2.23. The Morgan fingerprint density at radius 2 is 1.96 bits per heavy atom. The number of nitrogens with zero attached hydrogens (tertiary/aromatic N) is 2. The summed E-state index contributed by atoms with van der Waals surface area (Å²) >= 11 is 0. The number of guanidine groups is 1. The second-order valence-corrected chi connectivity index (χ2v) is 5.61. The average molecular weight is 474 g/mol. The van der Waals surface area contributed by atoms with Gasteiger partial charge in [0.1, 0.15) is 18.1 Å². The van der Waals surface area contributed by atoms with E-state index in [9.17, 15) is 5.11 Å². The lowest BCUT2D eigenvalue weighted by atomic mass is 10.1. The number of aliphatic hydroxyl groups excluding tert-OH is 1. The zero-order chi connectivity index (χ0) is 18.2. The van der Waals surface area contributed by atoms with E-state index in [0.29, 0.717) is 31.5 Å². The first-order valence-corrected chi connectivity index (χ1v) is 8.30. The van der Waals surface area contributed by atoms with E-state index in [2.05, 4.69) is 20.6 Å². The van der Waals surface area contributed by atoms with Gasteiger partial charge in [-0.3, -0.25) is 0 Å². The van der Waals surface area contributed by atoms with Gasteiger partial charge in [-0.15, -0.1) is 24.0 Å². The van der Waals surface area contributed by atoms with Crippen molar-refractivity contribution in [2.75, 3.05) is 20.2 Å². The molecule has 0 aliphatic rings. The molecule has 0 radical (unpaired) electrons. The Balaban J connectivity index is 0.00000338. The number of halogens is 1. The zero-order valence-electron chi connectivity index (χ0n) is 15.6. The van der Waals surface area contributed by atoms with Crippen molar-refractivity contribution in [3.63, 3.8) is 0 Å². The van der Waals surface area contributed by atoms with Gasteiger partial charge >= 0.3 is 0 Å². The Labute approximate surface area is 171 Å². The molecule has 0 amide bonds. The maximum Gasteiger partial charge on any atom is 0.216 e. The van der Waals surface area contributed by atoms with Crippen LogP contribution in [-0.4, -0.2) is 36.2 Å². The number of aromatic nitrogens is 1. The number of methoxy groups -OCH3 is 1. The topological polar surface area (TPSA) is 91.9 Å². The fraction of sp³-hybridized carbons (Fsp3) is 0.444. The minimum Gasteiger partial charge on any atom is -0.497 e. The van der Waals surface area contributed by atoms with Crippen LogP contribution in [0.4, 0.5) is 0 Å². The number of hydrogen-bond donors (Lipinski definition) is 3. The first kappa shape index (κ1) is 22.2. The number of aryl methyl sites for hydroxylation is 2. The van der Waals surface area contributed by atoms with Crippen molar-refractivity contribution in [2.24, 2.45) is 4.99 Å². The Morgan fingerprint density at radius 3 is 2.50 bits per heavy atom. The lowest BCUT2D eigenvalue weighted by molar-refractivity contribution is 0.180. The summed E-state index contributed by atoms with van der Waals surface area (Å²) in [5, 5.41) is 16.6. The molecule has 7 nitrogen and oxygen atoms in total. The molecule has 26 heavy (non-hydrogen) atoms. The van der Waals surface area contributed by atoms with E-state index in [0.717, 1.165) is 22.8 Å². The summed E-state index contributed by atoms with van der Waals surface area (Å²) < 4.78 is 10.6. The van der Waals surface area contributed by atoms with E-state index in [1.165, 1.54) is 0 Å². The summed E-state index contributed by atoms with van der Waals surface area (Å²) in [5.74, 6) is 2.74. The molecule has 2 aromatic rings. The molecule has 0 bridgehead atoms. The molecule has 0 spiro atoms. The van der Waals surface area contributed by atoms with Gasteiger partial charge in [-0.2, -0.15) is 0 Å². The van der Waals surface area contributed by atoms with E-state index in [4.69, 9.17) is 9.15 Å². The molecule has 2 rings (SSSR count). The molecular weight excluding hydrogens is 447 g/mol. The molecule has 8 heteroatoms. The number of aliphatic imine (C=N–C) groups is 1. The van der Waals surface area contributed by atoms with Crippen LogP contribution in [0.3, 0.4) is 0 Å². The molecule has 0 fully saturated rings. The van der Waals surface area contributed by atoms with Crippen LogP contribution < -0.4 is 15.4 Å². The smallest absolute Gasteiger partial charge is 0.216 e. The van der Waals surface area contributed by atoms with Crippen LogP contribution in [-0.2, 0) is 6.54 Å². The normalized spacial score (nSPS) is 12.3. The molecule has 1 aromatic heterocycles. The van der Waals surface area contributed by atoms with Crippen molar-refractivity contribution in [3.8, 4) is 5.75 Å². The van der Waals surface area contributed by atoms with Crippen molar-refractivity contribution < 1.29 is 14.3 Å². The monoisotopic (exact) mass is 474 g/mol. The molecule has 3 N–H and O–H groups in total. The molecule has 1 atom stereocenters. The van der Waals surface area contributed by atoms with Gasteiger partial charge < -0.3 is 24.9 Å². The van der Waals surface area contributed by atoms with Crippen LogP contribution in [0.5, 0.6) is 5.75 Å². The first-order chi connectivity index (χ1) is 12.0. The predicted molar refractivity (Wildman–Crippen MR) is 112 cm³/mol. The Hall–Kier alpha value is -1.81. The van der Waals surface area contributed by atoms with Crippen LogP contribution in [0, 0.1) is 13.8 Å². The number of aliphatic hydroxyl groups is 1. The third-order valence-corrected chi connectivity index (χ3v) is 3.75. The number of ether oxygens (including phenoxy) is 1. The highest BCUT2D eigenvalue weighted by Gasteiger charge is 2.10. The molecule has 0 saturated carbocycles. The summed E-state index contributed by atoms with van der Waals surface area (Å²) in [6, 6.07) is 7.33. The number of nitrogens with one attached hydrogen (secondary N) is 2. The van der Waals surface area contributed by atoms with E-state index in [1.807, 2.05) is 45.0 Å². The van der Waals surface area contributed by atoms with Crippen molar-refractivity contribution in [1.29, 1.82) is 0 Å². The largest absolute Gasteiger partial charge is 0.497 e. The maximum atomic E-state index is 10.3.